The normalized spacial score (nSPS) is 17.2. The molecule has 1 aromatic heterocycles. The Kier molecular flexibility index (Phi) is 6.51. The number of nitrogens with one attached hydrogen (secondary N) is 1. The number of halogens is 2. The second kappa shape index (κ2) is 9.65. The highest BCUT2D eigenvalue weighted by Crippen LogP contribution is 2.39. The maximum atomic E-state index is 12.4. The molecule has 2 heterocycles. The Morgan fingerprint density at radius 2 is 1.97 bits per heavy atom. The van der Waals surface area contributed by atoms with E-state index in [1.807, 2.05) is 42.5 Å². The summed E-state index contributed by atoms with van der Waals surface area (Å²) in [5, 5.41) is 0.534. The summed E-state index contributed by atoms with van der Waals surface area (Å²) in [5.41, 5.74) is 4.88. The number of hydrogen-bond acceptors (Lipinski definition) is 7. The summed E-state index contributed by atoms with van der Waals surface area (Å²) >= 11 is 6.11. The minimum absolute atomic E-state index is 0.0153. The van der Waals surface area contributed by atoms with Crippen molar-refractivity contribution in [3.63, 3.8) is 0 Å². The number of aromatic nitrogens is 1. The van der Waals surface area contributed by atoms with Crippen molar-refractivity contribution >= 4 is 24.1 Å². The highest BCUT2D eigenvalue weighted by Gasteiger charge is 2.41. The lowest BCUT2D eigenvalue weighted by molar-refractivity contribution is -0.132. The molecule has 0 bridgehead atoms. The number of amidine groups is 1. The molecule has 2 aromatic carbocycles. The van der Waals surface area contributed by atoms with E-state index >= 15 is 0 Å². The molecule has 0 saturated carbocycles. The molecule has 0 radical (unpaired) electrons. The van der Waals surface area contributed by atoms with Crippen LogP contribution in [0.3, 0.4) is 0 Å². The van der Waals surface area contributed by atoms with Gasteiger partial charge >= 0.3 is 12.5 Å². The van der Waals surface area contributed by atoms with E-state index in [2.05, 4.69) is 15.3 Å². The van der Waals surface area contributed by atoms with E-state index in [1.165, 1.54) is 0 Å². The highest BCUT2D eigenvalue weighted by molar-refractivity contribution is 6.30. The van der Waals surface area contributed by atoms with Crippen LogP contribution in [0.5, 0.6) is 5.75 Å². The van der Waals surface area contributed by atoms with Crippen LogP contribution in [-0.2, 0) is 19.9 Å². The smallest absolute Gasteiger partial charge is 0.320 e. The van der Waals surface area contributed by atoms with E-state index in [1.54, 1.807) is 24.5 Å². The molecule has 1 N–H and O–H groups in total. The summed E-state index contributed by atoms with van der Waals surface area (Å²) in [6, 6.07) is 16.9. The van der Waals surface area contributed by atoms with Gasteiger partial charge in [0.05, 0.1) is 5.02 Å². The van der Waals surface area contributed by atoms with E-state index in [0.717, 1.165) is 22.3 Å². The van der Waals surface area contributed by atoms with Crippen molar-refractivity contribution < 1.29 is 23.5 Å². The van der Waals surface area contributed by atoms with E-state index < -0.39 is 12.2 Å². The Labute approximate surface area is 188 Å². The monoisotopic (exact) mass is 455 g/mol. The Morgan fingerprint density at radius 1 is 1.12 bits per heavy atom. The summed E-state index contributed by atoms with van der Waals surface area (Å²) in [5.74, 6) is 0.547. The number of hydroxylamine groups is 1. The number of pyridine rings is 1. The predicted molar refractivity (Wildman–Crippen MR) is 117 cm³/mol. The minimum atomic E-state index is -0.921. The minimum Gasteiger partial charge on any atom is -0.491 e. The van der Waals surface area contributed by atoms with Crippen LogP contribution in [-0.4, -0.2) is 37.4 Å². The van der Waals surface area contributed by atoms with Crippen molar-refractivity contribution in [1.82, 2.24) is 10.5 Å². The fraction of sp³-hybridized carbons (Fsp3) is 0.174. The van der Waals surface area contributed by atoms with Gasteiger partial charge in [-0.2, -0.15) is 5.48 Å². The van der Waals surface area contributed by atoms with Crippen molar-refractivity contribution in [2.75, 3.05) is 19.9 Å². The van der Waals surface area contributed by atoms with Crippen LogP contribution in [0.1, 0.15) is 11.1 Å². The number of rotatable bonds is 8. The van der Waals surface area contributed by atoms with Gasteiger partial charge in [-0.3, -0.25) is 9.78 Å². The molecule has 0 saturated heterocycles. The van der Waals surface area contributed by atoms with Gasteiger partial charge in [-0.1, -0.05) is 41.9 Å². The van der Waals surface area contributed by atoms with Crippen molar-refractivity contribution in [2.45, 2.75) is 5.54 Å². The molecular formula is C23H19ClFN3O4. The first-order valence-corrected chi connectivity index (χ1v) is 10.1. The quantitative estimate of drug-likeness (QED) is 0.407. The predicted octanol–water partition coefficient (Wildman–Crippen LogP) is 4.06. The summed E-state index contributed by atoms with van der Waals surface area (Å²) in [4.78, 5) is 24.0. The van der Waals surface area contributed by atoms with Gasteiger partial charge in [0, 0.05) is 18.0 Å². The number of aliphatic imine (C=N–C) groups is 1. The Hall–Kier alpha value is -3.65. The van der Waals surface area contributed by atoms with Gasteiger partial charge < -0.3 is 14.3 Å². The third-order valence-corrected chi connectivity index (χ3v) is 5.17. The van der Waals surface area contributed by atoms with Crippen molar-refractivity contribution in [3.05, 3.63) is 83.1 Å². The number of ether oxygens (including phenoxy) is 2. The van der Waals surface area contributed by atoms with E-state index in [9.17, 15) is 9.18 Å². The number of nitrogens with zero attached hydrogens (tertiary/aromatic N) is 2. The largest absolute Gasteiger partial charge is 0.491 e. The molecule has 1 unspecified atom stereocenters. The molecule has 9 heteroatoms. The number of hydrogen-bond donors (Lipinski definition) is 1. The standard InChI is InChI=1S/C23H19ClFN3O4/c24-20-11-17(12-26-13-20)16-2-1-3-19(10-16)23(14-31-22(27-23)28-32-15-29)18-4-6-21(7-5-18)30-9-8-25/h1-7,10-13,15H,8-9,14H2,(H,27,28). The van der Waals surface area contributed by atoms with Gasteiger partial charge in [-0.25, -0.2) is 9.38 Å². The first-order valence-electron chi connectivity index (χ1n) is 9.73. The van der Waals surface area contributed by atoms with Crippen LogP contribution < -0.4 is 10.2 Å². The van der Waals surface area contributed by atoms with Crippen molar-refractivity contribution in [1.29, 1.82) is 0 Å². The summed E-state index contributed by atoms with van der Waals surface area (Å²) in [7, 11) is 0. The molecule has 7 nitrogen and oxygen atoms in total. The zero-order chi connectivity index (χ0) is 22.4. The van der Waals surface area contributed by atoms with Gasteiger partial charge in [-0.15, -0.1) is 0 Å². The lowest BCUT2D eigenvalue weighted by atomic mass is 9.83. The van der Waals surface area contributed by atoms with Crippen molar-refractivity contribution in [2.24, 2.45) is 4.99 Å². The van der Waals surface area contributed by atoms with Gasteiger partial charge in [0.1, 0.15) is 25.6 Å². The third-order valence-electron chi connectivity index (χ3n) is 4.96. The topological polar surface area (TPSA) is 82.0 Å². The average molecular weight is 456 g/mol. The molecular weight excluding hydrogens is 437 g/mol. The Bertz CT molecular complexity index is 1130. The number of alkyl halides is 1. The average Bonchev–Trinajstić information content (AvgIpc) is 3.27. The molecule has 1 atom stereocenters. The number of benzene rings is 2. The summed E-state index contributed by atoms with van der Waals surface area (Å²) in [6.45, 7) is -0.172. The van der Waals surface area contributed by atoms with Crippen LogP contribution >= 0.6 is 11.6 Å². The van der Waals surface area contributed by atoms with E-state index in [-0.39, 0.29) is 25.7 Å². The summed E-state index contributed by atoms with van der Waals surface area (Å²) < 4.78 is 23.4. The highest BCUT2D eigenvalue weighted by atomic mass is 35.5. The molecule has 1 aliphatic heterocycles. The Morgan fingerprint density at radius 3 is 2.72 bits per heavy atom. The van der Waals surface area contributed by atoms with E-state index in [0.29, 0.717) is 10.8 Å². The summed E-state index contributed by atoms with van der Waals surface area (Å²) in [6.07, 6.45) is 3.30. The lowest BCUT2D eigenvalue weighted by Crippen LogP contribution is -2.27. The maximum Gasteiger partial charge on any atom is 0.320 e. The molecule has 1 aliphatic rings. The van der Waals surface area contributed by atoms with Gasteiger partial charge in [0.15, 0.2) is 5.54 Å². The van der Waals surface area contributed by atoms with Crippen LogP contribution in [0.2, 0.25) is 5.02 Å². The molecule has 0 amide bonds. The number of carbonyl (C=O) groups excluding carboxylic acids is 1. The molecule has 4 rings (SSSR count). The zero-order valence-corrected chi connectivity index (χ0v) is 17.6. The fourth-order valence-electron chi connectivity index (χ4n) is 3.51. The SMILES string of the molecule is O=CONC1=NC(c2ccc(OCCF)cc2)(c2cccc(-c3cncc(Cl)c3)c2)CO1. The first-order chi connectivity index (χ1) is 15.6. The molecule has 0 spiro atoms. The third kappa shape index (κ3) is 4.50. The first kappa shape index (κ1) is 21.6. The second-order valence-corrected chi connectivity index (χ2v) is 7.35. The molecule has 3 aromatic rings. The number of carbonyl (C=O) groups is 1. The van der Waals surface area contributed by atoms with Crippen LogP contribution in [0.25, 0.3) is 11.1 Å². The van der Waals surface area contributed by atoms with Gasteiger partial charge in [-0.05, 0) is 41.0 Å². The molecule has 164 valence electrons. The van der Waals surface area contributed by atoms with Gasteiger partial charge in [0.25, 0.3) is 0 Å². The van der Waals surface area contributed by atoms with Crippen LogP contribution in [0.4, 0.5) is 4.39 Å². The maximum absolute atomic E-state index is 12.4. The fourth-order valence-corrected chi connectivity index (χ4v) is 3.68. The van der Waals surface area contributed by atoms with Crippen LogP contribution in [0, 0.1) is 0 Å². The van der Waals surface area contributed by atoms with Crippen molar-refractivity contribution in [3.8, 4) is 16.9 Å². The molecule has 0 aliphatic carbocycles. The molecule has 32 heavy (non-hydrogen) atoms. The Balaban J connectivity index is 1.76. The van der Waals surface area contributed by atoms with Crippen LogP contribution in [0.15, 0.2) is 72.0 Å². The lowest BCUT2D eigenvalue weighted by Gasteiger charge is -2.26. The van der Waals surface area contributed by atoms with E-state index in [4.69, 9.17) is 26.1 Å². The molecule has 0 fully saturated rings. The van der Waals surface area contributed by atoms with Gasteiger partial charge in [0.2, 0.25) is 0 Å². The second-order valence-electron chi connectivity index (χ2n) is 6.92. The zero-order valence-electron chi connectivity index (χ0n) is 16.8.